The number of rotatable bonds is 4. The maximum absolute atomic E-state index is 6.10. The lowest BCUT2D eigenvalue weighted by Crippen LogP contribution is -2.32. The van der Waals surface area contributed by atoms with Crippen molar-refractivity contribution in [1.29, 1.82) is 0 Å². The first-order valence-corrected chi connectivity index (χ1v) is 9.50. The summed E-state index contributed by atoms with van der Waals surface area (Å²) >= 11 is 6.10. The lowest BCUT2D eigenvalue weighted by molar-refractivity contribution is 0.140. The Labute approximate surface area is 159 Å². The molecule has 0 bridgehead atoms. The standard InChI is InChI=1S/C21H23ClN4/c1-25-14-16(12-24-25)15-26-10-3-2-7-21(26)18-8-9-20(23-13-18)17-5-4-6-19(22)11-17/h4-6,8-9,11-14,21H,2-3,7,10,15H2,1H3/t21-/m0/s1. The van der Waals surface area contributed by atoms with Gasteiger partial charge in [-0.2, -0.15) is 5.10 Å². The van der Waals surface area contributed by atoms with Crippen LogP contribution in [0.25, 0.3) is 11.3 Å². The highest BCUT2D eigenvalue weighted by atomic mass is 35.5. The van der Waals surface area contributed by atoms with E-state index in [1.807, 2.05) is 48.4 Å². The Kier molecular flexibility index (Phi) is 5.05. The molecule has 1 aliphatic heterocycles. The number of piperidine rings is 1. The molecule has 0 radical (unpaired) electrons. The first-order chi connectivity index (χ1) is 12.7. The first kappa shape index (κ1) is 17.3. The predicted octanol–water partition coefficient (Wildman–Crippen LogP) is 4.86. The highest BCUT2D eigenvalue weighted by Crippen LogP contribution is 2.32. The maximum Gasteiger partial charge on any atom is 0.0702 e. The van der Waals surface area contributed by atoms with Gasteiger partial charge >= 0.3 is 0 Å². The molecule has 1 atom stereocenters. The van der Waals surface area contributed by atoms with Crippen molar-refractivity contribution in [3.63, 3.8) is 0 Å². The zero-order valence-electron chi connectivity index (χ0n) is 15.0. The molecule has 1 fully saturated rings. The summed E-state index contributed by atoms with van der Waals surface area (Å²) in [5, 5.41) is 5.04. The molecule has 0 unspecified atom stereocenters. The molecular weight excluding hydrogens is 344 g/mol. The van der Waals surface area contributed by atoms with Gasteiger partial charge in [-0.25, -0.2) is 0 Å². The normalized spacial score (nSPS) is 18.2. The Morgan fingerprint density at radius 2 is 2.08 bits per heavy atom. The Morgan fingerprint density at radius 1 is 1.15 bits per heavy atom. The van der Waals surface area contributed by atoms with Crippen LogP contribution in [0.5, 0.6) is 0 Å². The lowest BCUT2D eigenvalue weighted by atomic mass is 9.95. The van der Waals surface area contributed by atoms with Gasteiger partial charge in [0, 0.05) is 48.2 Å². The van der Waals surface area contributed by atoms with Crippen LogP contribution in [0.1, 0.15) is 36.4 Å². The third-order valence-electron chi connectivity index (χ3n) is 5.05. The molecule has 1 aliphatic rings. The van der Waals surface area contributed by atoms with E-state index in [1.165, 1.54) is 30.4 Å². The van der Waals surface area contributed by atoms with Crippen LogP contribution >= 0.6 is 11.6 Å². The molecular formula is C21H23ClN4. The second-order valence-corrected chi connectivity index (χ2v) is 7.43. The Morgan fingerprint density at radius 3 is 2.81 bits per heavy atom. The van der Waals surface area contributed by atoms with Gasteiger partial charge in [0.1, 0.15) is 0 Å². The summed E-state index contributed by atoms with van der Waals surface area (Å²) in [7, 11) is 1.97. The fraction of sp³-hybridized carbons (Fsp3) is 0.333. The third-order valence-corrected chi connectivity index (χ3v) is 5.28. The fourth-order valence-electron chi connectivity index (χ4n) is 3.77. The summed E-state index contributed by atoms with van der Waals surface area (Å²) in [6.07, 6.45) is 9.80. The van der Waals surface area contributed by atoms with E-state index in [9.17, 15) is 0 Å². The molecule has 5 heteroatoms. The molecule has 26 heavy (non-hydrogen) atoms. The SMILES string of the molecule is Cn1cc(CN2CCCC[C@H]2c2ccc(-c3cccc(Cl)c3)nc2)cn1. The number of hydrogen-bond acceptors (Lipinski definition) is 3. The molecule has 134 valence electrons. The molecule has 3 heterocycles. The van der Waals surface area contributed by atoms with Crippen LogP contribution in [-0.2, 0) is 13.6 Å². The smallest absolute Gasteiger partial charge is 0.0702 e. The molecule has 3 aromatic rings. The van der Waals surface area contributed by atoms with Gasteiger partial charge in [0.2, 0.25) is 0 Å². The molecule has 0 N–H and O–H groups in total. The quantitative estimate of drug-likeness (QED) is 0.661. The second-order valence-electron chi connectivity index (χ2n) is 6.99. The molecule has 2 aromatic heterocycles. The Balaban J connectivity index is 1.54. The van der Waals surface area contributed by atoms with E-state index in [4.69, 9.17) is 16.6 Å². The van der Waals surface area contributed by atoms with E-state index in [0.29, 0.717) is 6.04 Å². The monoisotopic (exact) mass is 366 g/mol. The molecule has 0 amide bonds. The van der Waals surface area contributed by atoms with Gasteiger partial charge in [0.05, 0.1) is 11.9 Å². The van der Waals surface area contributed by atoms with Gasteiger partial charge < -0.3 is 0 Å². The number of nitrogens with zero attached hydrogens (tertiary/aromatic N) is 4. The third kappa shape index (κ3) is 3.81. The van der Waals surface area contributed by atoms with E-state index in [1.54, 1.807) is 0 Å². The number of aryl methyl sites for hydroxylation is 1. The summed E-state index contributed by atoms with van der Waals surface area (Å²) in [4.78, 5) is 7.26. The van der Waals surface area contributed by atoms with Crippen LogP contribution in [0, 0.1) is 0 Å². The van der Waals surface area contributed by atoms with Gasteiger partial charge in [0.15, 0.2) is 0 Å². The number of likely N-dealkylation sites (tertiary alicyclic amines) is 1. The summed E-state index contributed by atoms with van der Waals surface area (Å²) in [6, 6.07) is 12.6. The topological polar surface area (TPSA) is 34.0 Å². The second kappa shape index (κ2) is 7.60. The maximum atomic E-state index is 6.10. The highest BCUT2D eigenvalue weighted by molar-refractivity contribution is 6.30. The average Bonchev–Trinajstić information content (AvgIpc) is 3.07. The van der Waals surface area contributed by atoms with Crippen LogP contribution in [0.2, 0.25) is 5.02 Å². The number of pyridine rings is 1. The van der Waals surface area contributed by atoms with E-state index in [0.717, 1.165) is 29.4 Å². The largest absolute Gasteiger partial charge is 0.292 e. The number of benzene rings is 1. The van der Waals surface area contributed by atoms with E-state index >= 15 is 0 Å². The van der Waals surface area contributed by atoms with Crippen molar-refractivity contribution >= 4 is 11.6 Å². The Bertz CT molecular complexity index is 872. The fourth-order valence-corrected chi connectivity index (χ4v) is 3.96. The molecule has 4 rings (SSSR count). The van der Waals surface area contributed by atoms with Gasteiger partial charge in [-0.1, -0.05) is 36.2 Å². The van der Waals surface area contributed by atoms with Crippen LogP contribution in [0.3, 0.4) is 0 Å². The van der Waals surface area contributed by atoms with Gasteiger partial charge in [0.25, 0.3) is 0 Å². The predicted molar refractivity (Wildman–Crippen MR) is 105 cm³/mol. The molecule has 0 saturated carbocycles. The van der Waals surface area contributed by atoms with Gasteiger partial charge in [-0.05, 0) is 43.1 Å². The minimum atomic E-state index is 0.421. The van der Waals surface area contributed by atoms with Crippen LogP contribution in [0.4, 0.5) is 0 Å². The molecule has 1 aromatic carbocycles. The zero-order chi connectivity index (χ0) is 17.9. The molecule has 0 aliphatic carbocycles. The van der Waals surface area contributed by atoms with Crippen molar-refractivity contribution in [3.05, 3.63) is 71.1 Å². The number of halogens is 1. The van der Waals surface area contributed by atoms with E-state index in [-0.39, 0.29) is 0 Å². The highest BCUT2D eigenvalue weighted by Gasteiger charge is 2.24. The summed E-state index contributed by atoms with van der Waals surface area (Å²) < 4.78 is 1.87. The van der Waals surface area contributed by atoms with E-state index in [2.05, 4.69) is 28.3 Å². The van der Waals surface area contributed by atoms with E-state index < -0.39 is 0 Å². The van der Waals surface area contributed by atoms with Crippen LogP contribution in [0.15, 0.2) is 55.0 Å². The Hall–Kier alpha value is -2.17. The lowest BCUT2D eigenvalue weighted by Gasteiger charge is -2.35. The summed E-state index contributed by atoms with van der Waals surface area (Å²) in [5.41, 5.74) is 4.58. The molecule has 1 saturated heterocycles. The summed E-state index contributed by atoms with van der Waals surface area (Å²) in [6.45, 7) is 2.06. The van der Waals surface area contributed by atoms with Crippen molar-refractivity contribution in [2.24, 2.45) is 7.05 Å². The van der Waals surface area contributed by atoms with Crippen LogP contribution in [-0.4, -0.2) is 26.2 Å². The summed E-state index contributed by atoms with van der Waals surface area (Å²) in [5.74, 6) is 0. The van der Waals surface area contributed by atoms with Crippen molar-refractivity contribution < 1.29 is 0 Å². The van der Waals surface area contributed by atoms with Crippen molar-refractivity contribution in [2.75, 3.05) is 6.54 Å². The van der Waals surface area contributed by atoms with Gasteiger partial charge in [-0.15, -0.1) is 0 Å². The number of aromatic nitrogens is 3. The van der Waals surface area contributed by atoms with Crippen molar-refractivity contribution in [1.82, 2.24) is 19.7 Å². The van der Waals surface area contributed by atoms with Gasteiger partial charge in [-0.3, -0.25) is 14.6 Å². The zero-order valence-corrected chi connectivity index (χ0v) is 15.7. The first-order valence-electron chi connectivity index (χ1n) is 9.12. The van der Waals surface area contributed by atoms with Crippen molar-refractivity contribution in [3.8, 4) is 11.3 Å². The average molecular weight is 367 g/mol. The molecule has 4 nitrogen and oxygen atoms in total. The van der Waals surface area contributed by atoms with Crippen molar-refractivity contribution in [2.45, 2.75) is 31.8 Å². The van der Waals surface area contributed by atoms with Crippen LogP contribution < -0.4 is 0 Å². The minimum Gasteiger partial charge on any atom is -0.292 e. The minimum absolute atomic E-state index is 0.421. The number of hydrogen-bond donors (Lipinski definition) is 0. The molecule has 0 spiro atoms.